The third-order valence-electron chi connectivity index (χ3n) is 4.01. The summed E-state index contributed by atoms with van der Waals surface area (Å²) in [5.41, 5.74) is 0. The Morgan fingerprint density at radius 1 is 1.09 bits per heavy atom. The predicted molar refractivity (Wildman–Crippen MR) is 92.2 cm³/mol. The first-order valence-electron chi connectivity index (χ1n) is 8.33. The Labute approximate surface area is 140 Å². The highest BCUT2D eigenvalue weighted by Crippen LogP contribution is 2.23. The smallest absolute Gasteiger partial charge is 0.223 e. The zero-order chi connectivity index (χ0) is 15.7. The minimum Gasteiger partial charge on any atom is -0.354 e. The number of halogens is 1. The maximum Gasteiger partial charge on any atom is 0.223 e. The molecule has 0 bridgehead atoms. The molecule has 0 radical (unpaired) electrons. The van der Waals surface area contributed by atoms with Gasteiger partial charge in [0.05, 0.1) is 0 Å². The van der Waals surface area contributed by atoms with Gasteiger partial charge in [0.2, 0.25) is 11.8 Å². The summed E-state index contributed by atoms with van der Waals surface area (Å²) in [6, 6.07) is 0.167. The third-order valence-corrected chi connectivity index (χ3v) is 4.01. The van der Waals surface area contributed by atoms with Gasteiger partial charge in [0.15, 0.2) is 0 Å². The monoisotopic (exact) mass is 333 g/mol. The van der Waals surface area contributed by atoms with Gasteiger partial charge in [0, 0.05) is 31.0 Å². The van der Waals surface area contributed by atoms with E-state index < -0.39 is 0 Å². The summed E-state index contributed by atoms with van der Waals surface area (Å²) in [6.07, 6.45) is 5.86. The zero-order valence-corrected chi connectivity index (χ0v) is 14.9. The number of nitrogens with one attached hydrogen (secondary N) is 3. The Kier molecular flexibility index (Phi) is 11.3. The highest BCUT2D eigenvalue weighted by molar-refractivity contribution is 5.85. The molecule has 22 heavy (non-hydrogen) atoms. The van der Waals surface area contributed by atoms with Crippen LogP contribution in [0.5, 0.6) is 0 Å². The van der Waals surface area contributed by atoms with Crippen molar-refractivity contribution in [2.75, 3.05) is 13.1 Å². The van der Waals surface area contributed by atoms with Gasteiger partial charge in [-0.15, -0.1) is 12.4 Å². The van der Waals surface area contributed by atoms with E-state index >= 15 is 0 Å². The molecule has 1 aliphatic rings. The number of hydrogen-bond donors (Lipinski definition) is 3. The molecule has 0 heterocycles. The van der Waals surface area contributed by atoms with Gasteiger partial charge in [-0.05, 0) is 33.2 Å². The van der Waals surface area contributed by atoms with E-state index in [2.05, 4.69) is 16.0 Å². The van der Waals surface area contributed by atoms with Crippen molar-refractivity contribution in [2.24, 2.45) is 5.92 Å². The van der Waals surface area contributed by atoms with E-state index in [0.717, 1.165) is 32.2 Å². The minimum atomic E-state index is -0.103. The second-order valence-corrected chi connectivity index (χ2v) is 6.21. The van der Waals surface area contributed by atoms with Gasteiger partial charge >= 0.3 is 0 Å². The van der Waals surface area contributed by atoms with Crippen molar-refractivity contribution >= 4 is 24.2 Å². The van der Waals surface area contributed by atoms with Crippen LogP contribution < -0.4 is 16.0 Å². The Bertz CT molecular complexity index is 333. The number of rotatable bonds is 8. The molecule has 0 aromatic rings. The summed E-state index contributed by atoms with van der Waals surface area (Å²) in [7, 11) is 0. The number of amides is 2. The molecular weight excluding hydrogens is 302 g/mol. The van der Waals surface area contributed by atoms with E-state index in [1.807, 2.05) is 20.8 Å². The molecule has 130 valence electrons. The van der Waals surface area contributed by atoms with E-state index in [9.17, 15) is 9.59 Å². The van der Waals surface area contributed by atoms with Crippen LogP contribution in [-0.2, 0) is 9.59 Å². The van der Waals surface area contributed by atoms with Crippen LogP contribution in [0.2, 0.25) is 0 Å². The predicted octanol–water partition coefficient (Wildman–Crippen LogP) is 2.00. The maximum absolute atomic E-state index is 12.1. The Morgan fingerprint density at radius 2 is 1.73 bits per heavy atom. The van der Waals surface area contributed by atoms with E-state index in [1.165, 1.54) is 6.42 Å². The lowest BCUT2D eigenvalue weighted by Crippen LogP contribution is -2.43. The molecule has 2 amide bonds. The fraction of sp³-hybridized carbons (Fsp3) is 0.875. The summed E-state index contributed by atoms with van der Waals surface area (Å²) in [5, 5.41) is 9.12. The second-order valence-electron chi connectivity index (χ2n) is 6.21. The number of carbonyl (C=O) groups is 2. The zero-order valence-electron chi connectivity index (χ0n) is 14.1. The average Bonchev–Trinajstić information content (AvgIpc) is 2.46. The topological polar surface area (TPSA) is 70.2 Å². The van der Waals surface area contributed by atoms with Crippen LogP contribution in [0.25, 0.3) is 0 Å². The summed E-state index contributed by atoms with van der Waals surface area (Å²) >= 11 is 0. The lowest BCUT2D eigenvalue weighted by Gasteiger charge is -2.23. The third kappa shape index (κ3) is 8.59. The van der Waals surface area contributed by atoms with Crippen molar-refractivity contribution in [1.82, 2.24) is 16.0 Å². The normalized spacial score (nSPS) is 18.0. The van der Waals surface area contributed by atoms with Crippen LogP contribution in [0, 0.1) is 5.92 Å². The molecule has 1 rings (SSSR count). The Hall–Kier alpha value is -0.810. The van der Waals surface area contributed by atoms with E-state index in [0.29, 0.717) is 13.0 Å². The van der Waals surface area contributed by atoms with E-state index in [-0.39, 0.29) is 42.2 Å². The van der Waals surface area contributed by atoms with Crippen LogP contribution in [0.1, 0.15) is 59.3 Å². The van der Waals surface area contributed by atoms with E-state index in [4.69, 9.17) is 0 Å². The Morgan fingerprint density at radius 3 is 2.32 bits per heavy atom. The van der Waals surface area contributed by atoms with Gasteiger partial charge in [0.25, 0.3) is 0 Å². The second kappa shape index (κ2) is 11.7. The standard InChI is InChI=1S/C16H31N3O2.ClH/c1-4-17-13(3)11-18-15(20)10-12(2)19-16(21)14-8-6-5-7-9-14;/h12-14,17H,4-11H2,1-3H3,(H,18,20)(H,19,21);1H/t12?,13-;/m1./s1. The first-order chi connectivity index (χ1) is 10.0. The molecule has 5 nitrogen and oxygen atoms in total. The number of carbonyl (C=O) groups excluding carboxylic acids is 2. The summed E-state index contributed by atoms with van der Waals surface area (Å²) < 4.78 is 0. The number of hydrogen-bond acceptors (Lipinski definition) is 3. The van der Waals surface area contributed by atoms with Crippen molar-refractivity contribution in [3.8, 4) is 0 Å². The minimum absolute atomic E-state index is 0. The fourth-order valence-electron chi connectivity index (χ4n) is 2.81. The quantitative estimate of drug-likeness (QED) is 0.636. The summed E-state index contributed by atoms with van der Waals surface area (Å²) in [4.78, 5) is 23.9. The van der Waals surface area contributed by atoms with Crippen molar-refractivity contribution in [3.05, 3.63) is 0 Å². The van der Waals surface area contributed by atoms with Gasteiger partial charge in [-0.1, -0.05) is 26.2 Å². The van der Waals surface area contributed by atoms with Crippen LogP contribution in [0.3, 0.4) is 0 Å². The molecule has 6 heteroatoms. The number of likely N-dealkylation sites (N-methyl/N-ethyl adjacent to an activating group) is 1. The lowest BCUT2D eigenvalue weighted by molar-refractivity contribution is -0.127. The largest absolute Gasteiger partial charge is 0.354 e. The van der Waals surface area contributed by atoms with Crippen LogP contribution in [0.4, 0.5) is 0 Å². The molecule has 1 aliphatic carbocycles. The average molecular weight is 334 g/mol. The first-order valence-corrected chi connectivity index (χ1v) is 8.33. The van der Waals surface area contributed by atoms with Crippen molar-refractivity contribution in [1.29, 1.82) is 0 Å². The molecule has 0 aromatic heterocycles. The SMILES string of the molecule is CCN[C@H](C)CNC(=O)CC(C)NC(=O)C1CCCCC1.Cl. The summed E-state index contributed by atoms with van der Waals surface area (Å²) in [5.74, 6) is 0.269. The first kappa shape index (κ1) is 21.2. The molecule has 0 saturated heterocycles. The molecule has 1 unspecified atom stereocenters. The van der Waals surface area contributed by atoms with Gasteiger partial charge in [-0.3, -0.25) is 9.59 Å². The molecule has 1 saturated carbocycles. The molecule has 1 fully saturated rings. The molecular formula is C16H32ClN3O2. The van der Waals surface area contributed by atoms with Gasteiger partial charge in [-0.25, -0.2) is 0 Å². The van der Waals surface area contributed by atoms with Crippen LogP contribution >= 0.6 is 12.4 Å². The van der Waals surface area contributed by atoms with Crippen LogP contribution in [-0.4, -0.2) is 37.0 Å². The van der Waals surface area contributed by atoms with E-state index in [1.54, 1.807) is 0 Å². The lowest BCUT2D eigenvalue weighted by atomic mass is 9.88. The summed E-state index contributed by atoms with van der Waals surface area (Å²) in [6.45, 7) is 7.49. The molecule has 2 atom stereocenters. The molecule has 3 N–H and O–H groups in total. The van der Waals surface area contributed by atoms with Crippen LogP contribution in [0.15, 0.2) is 0 Å². The van der Waals surface area contributed by atoms with Crippen molar-refractivity contribution in [2.45, 2.75) is 71.4 Å². The highest BCUT2D eigenvalue weighted by Gasteiger charge is 2.22. The molecule has 0 aliphatic heterocycles. The highest BCUT2D eigenvalue weighted by atomic mass is 35.5. The fourth-order valence-corrected chi connectivity index (χ4v) is 2.81. The van der Waals surface area contributed by atoms with Crippen molar-refractivity contribution < 1.29 is 9.59 Å². The van der Waals surface area contributed by atoms with Gasteiger partial charge in [0.1, 0.15) is 0 Å². The molecule has 0 aromatic carbocycles. The van der Waals surface area contributed by atoms with Crippen molar-refractivity contribution in [3.63, 3.8) is 0 Å². The maximum atomic E-state index is 12.1. The van der Waals surface area contributed by atoms with Gasteiger partial charge in [-0.2, -0.15) is 0 Å². The molecule has 0 spiro atoms. The Balaban J connectivity index is 0.00000441. The van der Waals surface area contributed by atoms with Gasteiger partial charge < -0.3 is 16.0 Å².